The van der Waals surface area contributed by atoms with E-state index in [2.05, 4.69) is 10.6 Å². The Morgan fingerprint density at radius 1 is 1.38 bits per heavy atom. The molecule has 112 valence electrons. The molecule has 0 spiro atoms. The zero-order valence-electron chi connectivity index (χ0n) is 11.7. The average Bonchev–Trinajstić information content (AvgIpc) is 2.42. The van der Waals surface area contributed by atoms with Crippen molar-refractivity contribution < 1.29 is 24.2 Å². The lowest BCUT2D eigenvalue weighted by Gasteiger charge is -2.20. The number of nitrogens with one attached hydrogen (secondary N) is 2. The molecule has 0 saturated carbocycles. The van der Waals surface area contributed by atoms with Crippen LogP contribution in [0, 0.1) is 5.92 Å². The molecule has 1 aliphatic rings. The minimum Gasteiger partial charge on any atom is -0.482 e. The number of carboxylic acids is 1. The van der Waals surface area contributed by atoms with Crippen molar-refractivity contribution in [1.82, 2.24) is 5.32 Å². The molecule has 0 saturated heterocycles. The number of rotatable bonds is 4. The van der Waals surface area contributed by atoms with Crippen LogP contribution in [0.25, 0.3) is 0 Å². The van der Waals surface area contributed by atoms with Gasteiger partial charge in [-0.25, -0.2) is 4.79 Å². The van der Waals surface area contributed by atoms with E-state index in [1.807, 2.05) is 0 Å². The second-order valence-electron chi connectivity index (χ2n) is 5.08. The van der Waals surface area contributed by atoms with Gasteiger partial charge in [-0.15, -0.1) is 0 Å². The third-order valence-corrected chi connectivity index (χ3v) is 3.09. The van der Waals surface area contributed by atoms with E-state index in [1.165, 1.54) is 12.1 Å². The van der Waals surface area contributed by atoms with E-state index in [1.54, 1.807) is 19.9 Å². The maximum Gasteiger partial charge on any atom is 0.326 e. The predicted molar refractivity (Wildman–Crippen MR) is 74.3 cm³/mol. The smallest absolute Gasteiger partial charge is 0.326 e. The first-order chi connectivity index (χ1) is 9.88. The molecule has 7 nitrogen and oxygen atoms in total. The molecule has 0 bridgehead atoms. The molecule has 1 aromatic rings. The molecule has 0 radical (unpaired) electrons. The zero-order valence-corrected chi connectivity index (χ0v) is 11.7. The van der Waals surface area contributed by atoms with Crippen molar-refractivity contribution in [2.45, 2.75) is 19.9 Å². The van der Waals surface area contributed by atoms with Gasteiger partial charge in [-0.1, -0.05) is 13.8 Å². The van der Waals surface area contributed by atoms with Gasteiger partial charge in [0, 0.05) is 5.56 Å². The monoisotopic (exact) mass is 292 g/mol. The lowest BCUT2D eigenvalue weighted by Crippen LogP contribution is -2.44. The van der Waals surface area contributed by atoms with Crippen LogP contribution in [0.3, 0.4) is 0 Å². The van der Waals surface area contributed by atoms with Crippen LogP contribution in [0.4, 0.5) is 5.69 Å². The Bertz CT molecular complexity index is 597. The number of benzene rings is 1. The minimum absolute atomic E-state index is 0.0625. The summed E-state index contributed by atoms with van der Waals surface area (Å²) in [6, 6.07) is 3.57. The number of hydrogen-bond acceptors (Lipinski definition) is 4. The normalized spacial score (nSPS) is 14.7. The lowest BCUT2D eigenvalue weighted by atomic mass is 10.0. The van der Waals surface area contributed by atoms with E-state index in [9.17, 15) is 14.4 Å². The van der Waals surface area contributed by atoms with Gasteiger partial charge in [0.1, 0.15) is 11.8 Å². The first-order valence-electron chi connectivity index (χ1n) is 6.49. The minimum atomic E-state index is -1.09. The molecule has 1 aromatic carbocycles. The van der Waals surface area contributed by atoms with E-state index in [4.69, 9.17) is 9.84 Å². The van der Waals surface area contributed by atoms with Gasteiger partial charge in [0.25, 0.3) is 11.8 Å². The highest BCUT2D eigenvalue weighted by Crippen LogP contribution is 2.28. The first kappa shape index (κ1) is 14.8. The van der Waals surface area contributed by atoms with E-state index in [0.29, 0.717) is 11.4 Å². The largest absolute Gasteiger partial charge is 0.482 e. The molecular formula is C14H16N2O5. The van der Waals surface area contributed by atoms with E-state index in [0.717, 1.165) is 0 Å². The van der Waals surface area contributed by atoms with Crippen molar-refractivity contribution in [3.05, 3.63) is 23.8 Å². The molecule has 21 heavy (non-hydrogen) atoms. The van der Waals surface area contributed by atoms with Crippen molar-refractivity contribution in [3.63, 3.8) is 0 Å². The van der Waals surface area contributed by atoms with Crippen molar-refractivity contribution in [3.8, 4) is 5.75 Å². The van der Waals surface area contributed by atoms with Gasteiger partial charge < -0.3 is 20.5 Å². The van der Waals surface area contributed by atoms with E-state index in [-0.39, 0.29) is 24.0 Å². The summed E-state index contributed by atoms with van der Waals surface area (Å²) < 4.78 is 5.19. The number of anilines is 1. The Labute approximate surface area is 121 Å². The van der Waals surface area contributed by atoms with Gasteiger partial charge in [-0.3, -0.25) is 9.59 Å². The number of fused-ring (bicyclic) bond motifs is 1. The van der Waals surface area contributed by atoms with Crippen LogP contribution < -0.4 is 15.4 Å². The van der Waals surface area contributed by atoms with Crippen LogP contribution in [0.15, 0.2) is 18.2 Å². The molecule has 0 aliphatic carbocycles. The van der Waals surface area contributed by atoms with Crippen LogP contribution in [0.2, 0.25) is 0 Å². The summed E-state index contributed by atoms with van der Waals surface area (Å²) >= 11 is 0. The Kier molecular flexibility index (Phi) is 4.11. The van der Waals surface area contributed by atoms with Crippen LogP contribution in [-0.2, 0) is 9.59 Å². The maximum atomic E-state index is 12.1. The van der Waals surface area contributed by atoms with Gasteiger partial charge in [0.15, 0.2) is 6.61 Å². The standard InChI is InChI=1S/C14H16N2O5/c1-7(2)12(14(19)20)16-13(18)8-3-4-10-9(5-8)15-11(17)6-21-10/h3-5,7,12H,6H2,1-2H3,(H,15,17)(H,16,18)(H,19,20). The van der Waals surface area contributed by atoms with Crippen LogP contribution in [-0.4, -0.2) is 35.5 Å². The molecule has 2 rings (SSSR count). The highest BCUT2D eigenvalue weighted by atomic mass is 16.5. The molecule has 0 fully saturated rings. The van der Waals surface area contributed by atoms with Gasteiger partial charge in [-0.2, -0.15) is 0 Å². The quantitative estimate of drug-likeness (QED) is 0.763. The molecule has 7 heteroatoms. The topological polar surface area (TPSA) is 105 Å². The van der Waals surface area contributed by atoms with Crippen molar-refractivity contribution in [1.29, 1.82) is 0 Å². The number of hydrogen-bond donors (Lipinski definition) is 3. The molecule has 1 atom stereocenters. The SMILES string of the molecule is CC(C)C(NC(=O)c1ccc2c(c1)NC(=O)CO2)C(=O)O. The van der Waals surface area contributed by atoms with Gasteiger partial charge in [0.05, 0.1) is 5.69 Å². The van der Waals surface area contributed by atoms with Crippen LogP contribution >= 0.6 is 0 Å². The summed E-state index contributed by atoms with van der Waals surface area (Å²) in [6.45, 7) is 3.35. The number of carboxylic acid groups (broad SMARTS) is 1. The summed E-state index contributed by atoms with van der Waals surface area (Å²) in [5.74, 6) is -1.67. The Balaban J connectivity index is 2.18. The first-order valence-corrected chi connectivity index (χ1v) is 6.49. The molecule has 1 aliphatic heterocycles. The third kappa shape index (κ3) is 3.31. The summed E-state index contributed by atoms with van der Waals surface area (Å²) in [7, 11) is 0. The highest BCUT2D eigenvalue weighted by molar-refractivity contribution is 6.00. The van der Waals surface area contributed by atoms with E-state index >= 15 is 0 Å². The number of aliphatic carboxylic acids is 1. The summed E-state index contributed by atoms with van der Waals surface area (Å²) in [5.41, 5.74) is 0.654. The molecule has 1 unspecified atom stereocenters. The molecule has 1 heterocycles. The van der Waals surface area contributed by atoms with Crippen LogP contribution in [0.1, 0.15) is 24.2 Å². The summed E-state index contributed by atoms with van der Waals surface area (Å²) in [6.07, 6.45) is 0. The number of carbonyl (C=O) groups is 3. The molecule has 0 aromatic heterocycles. The van der Waals surface area contributed by atoms with Gasteiger partial charge in [0.2, 0.25) is 0 Å². The second kappa shape index (κ2) is 5.82. The summed E-state index contributed by atoms with van der Waals surface area (Å²) in [4.78, 5) is 34.4. The number of carbonyl (C=O) groups excluding carboxylic acids is 2. The average molecular weight is 292 g/mol. The fourth-order valence-electron chi connectivity index (χ4n) is 1.96. The van der Waals surface area contributed by atoms with Gasteiger partial charge >= 0.3 is 5.97 Å². The Hall–Kier alpha value is -2.57. The number of ether oxygens (including phenoxy) is 1. The second-order valence-corrected chi connectivity index (χ2v) is 5.08. The predicted octanol–water partition coefficient (Wildman–Crippen LogP) is 0.856. The fraction of sp³-hybridized carbons (Fsp3) is 0.357. The molecule has 2 amide bonds. The maximum absolute atomic E-state index is 12.1. The summed E-state index contributed by atoms with van der Waals surface area (Å²) in [5, 5.41) is 14.1. The third-order valence-electron chi connectivity index (χ3n) is 3.09. The van der Waals surface area contributed by atoms with Crippen molar-refractivity contribution in [2.24, 2.45) is 5.92 Å². The fourth-order valence-corrected chi connectivity index (χ4v) is 1.96. The Morgan fingerprint density at radius 2 is 2.10 bits per heavy atom. The Morgan fingerprint density at radius 3 is 2.71 bits per heavy atom. The lowest BCUT2D eigenvalue weighted by molar-refractivity contribution is -0.140. The van der Waals surface area contributed by atoms with Gasteiger partial charge in [-0.05, 0) is 24.1 Å². The highest BCUT2D eigenvalue weighted by Gasteiger charge is 2.25. The molecule has 3 N–H and O–H groups in total. The zero-order chi connectivity index (χ0) is 15.6. The van der Waals surface area contributed by atoms with E-state index < -0.39 is 17.9 Å². The van der Waals surface area contributed by atoms with Crippen LogP contribution in [0.5, 0.6) is 5.75 Å². The number of amides is 2. The molecular weight excluding hydrogens is 276 g/mol. The van der Waals surface area contributed by atoms with Crippen molar-refractivity contribution in [2.75, 3.05) is 11.9 Å². The van der Waals surface area contributed by atoms with Crippen molar-refractivity contribution >= 4 is 23.5 Å².